The molecule has 6 aromatic carbocycles. The third-order valence-electron chi connectivity index (χ3n) is 12.2. The van der Waals surface area contributed by atoms with Gasteiger partial charge in [0.15, 0.2) is 11.3 Å². The average Bonchev–Trinajstić information content (AvgIpc) is 3.88. The molecule has 6 aromatic heterocycles. The van der Waals surface area contributed by atoms with Gasteiger partial charge in [0.25, 0.3) is 0 Å². The van der Waals surface area contributed by atoms with Crippen LogP contribution in [0.1, 0.15) is 33.6 Å². The van der Waals surface area contributed by atoms with Crippen LogP contribution in [0.5, 0.6) is 11.8 Å². The van der Waals surface area contributed by atoms with Crippen LogP contribution < -0.4 is 0 Å². The third-order valence-corrected chi connectivity index (χ3v) is 12.2. The van der Waals surface area contributed by atoms with Gasteiger partial charge in [-0.05, 0) is 72.8 Å². The summed E-state index contributed by atoms with van der Waals surface area (Å²) in [6.07, 6.45) is 4.95. The molecule has 0 spiro atoms. The smallest absolute Gasteiger partial charge is 0.209 e. The Morgan fingerprint density at radius 1 is 0.375 bits per heavy atom. The average molecular weight is 939 g/mol. The van der Waals surface area contributed by atoms with Crippen molar-refractivity contribution in [2.45, 2.75) is 12.8 Å². The second kappa shape index (κ2) is 20.5. The van der Waals surface area contributed by atoms with Gasteiger partial charge in [0.2, 0.25) is 11.8 Å². The van der Waals surface area contributed by atoms with Gasteiger partial charge >= 0.3 is 0 Å². The van der Waals surface area contributed by atoms with Gasteiger partial charge in [-0.2, -0.15) is 0 Å². The SMILES string of the molecule is Oc1c(C(=NCCc2ccccn2)c2ccccc2)c2nc3ccccc3nc2n1-c1ccccc1.Oc1c(C(=NCCc2ccccn2)c2ccccc2)c2nc3ccccc3nc2n1-c1ccccc1. The zero-order chi connectivity index (χ0) is 48.6. The number of hydrogen-bond donors (Lipinski definition) is 2. The van der Waals surface area contributed by atoms with E-state index < -0.39 is 0 Å². The van der Waals surface area contributed by atoms with Crippen LogP contribution in [-0.4, -0.2) is 73.8 Å². The fraction of sp³-hybridized carbons (Fsp3) is 0.0667. The zero-order valence-corrected chi connectivity index (χ0v) is 39.0. The Labute approximate surface area is 414 Å². The number of aromatic hydroxyl groups is 2. The molecule has 12 rings (SSSR count). The number of pyridine rings is 2. The monoisotopic (exact) mass is 938 g/mol. The maximum atomic E-state index is 11.7. The van der Waals surface area contributed by atoms with Crippen LogP contribution in [-0.2, 0) is 12.8 Å². The van der Waals surface area contributed by atoms with Gasteiger partial charge in [0.1, 0.15) is 11.0 Å². The van der Waals surface area contributed by atoms with Crippen LogP contribution in [0, 0.1) is 0 Å². The molecular weight excluding hydrogens is 893 g/mol. The number of nitrogens with zero attached hydrogens (tertiary/aromatic N) is 10. The molecule has 0 fully saturated rings. The van der Waals surface area contributed by atoms with Gasteiger partial charge < -0.3 is 10.2 Å². The first-order valence-electron chi connectivity index (χ1n) is 23.7. The van der Waals surface area contributed by atoms with Crippen molar-refractivity contribution in [3.8, 4) is 23.1 Å². The molecule has 12 aromatic rings. The Bertz CT molecular complexity index is 3610. The summed E-state index contributed by atoms with van der Waals surface area (Å²) in [7, 11) is 0. The van der Waals surface area contributed by atoms with E-state index in [1.54, 1.807) is 21.5 Å². The van der Waals surface area contributed by atoms with Crippen molar-refractivity contribution < 1.29 is 10.2 Å². The first-order valence-corrected chi connectivity index (χ1v) is 23.7. The lowest BCUT2D eigenvalue weighted by atomic mass is 10.0. The number of rotatable bonds is 12. The number of fused-ring (bicyclic) bond motifs is 4. The number of aromatic nitrogens is 8. The van der Waals surface area contributed by atoms with E-state index in [0.717, 1.165) is 56.0 Å². The molecule has 2 N–H and O–H groups in total. The summed E-state index contributed by atoms with van der Waals surface area (Å²) in [5.41, 5.74) is 13.3. The van der Waals surface area contributed by atoms with Crippen molar-refractivity contribution in [2.24, 2.45) is 9.98 Å². The molecular formula is C60H46N10O2. The van der Waals surface area contributed by atoms with Crippen molar-refractivity contribution in [1.82, 2.24) is 39.0 Å². The molecule has 348 valence electrons. The van der Waals surface area contributed by atoms with Crippen LogP contribution in [0.15, 0.2) is 229 Å². The van der Waals surface area contributed by atoms with E-state index in [2.05, 4.69) is 9.97 Å². The fourth-order valence-electron chi connectivity index (χ4n) is 8.82. The summed E-state index contributed by atoms with van der Waals surface area (Å²) in [6.45, 7) is 1.03. The van der Waals surface area contributed by atoms with Crippen molar-refractivity contribution in [1.29, 1.82) is 0 Å². The molecule has 0 atom stereocenters. The van der Waals surface area contributed by atoms with E-state index in [0.29, 0.717) is 70.8 Å². The van der Waals surface area contributed by atoms with E-state index in [4.69, 9.17) is 29.9 Å². The molecule has 0 saturated carbocycles. The Morgan fingerprint density at radius 2 is 0.708 bits per heavy atom. The molecule has 6 heterocycles. The quantitative estimate of drug-likeness (QED) is 0.115. The highest BCUT2D eigenvalue weighted by molar-refractivity contribution is 6.22. The number of para-hydroxylation sites is 6. The molecule has 72 heavy (non-hydrogen) atoms. The van der Waals surface area contributed by atoms with Crippen LogP contribution in [0.2, 0.25) is 0 Å². The molecule has 0 saturated heterocycles. The maximum absolute atomic E-state index is 11.7. The van der Waals surface area contributed by atoms with E-state index in [1.807, 2.05) is 206 Å². The first kappa shape index (κ1) is 44.8. The van der Waals surface area contributed by atoms with E-state index in [9.17, 15) is 10.2 Å². The second-order valence-corrected chi connectivity index (χ2v) is 16.8. The summed E-state index contributed by atoms with van der Waals surface area (Å²) in [4.78, 5) is 38.6. The normalized spacial score (nSPS) is 11.8. The Hall–Kier alpha value is -9.68. The highest BCUT2D eigenvalue weighted by atomic mass is 16.3. The Morgan fingerprint density at radius 3 is 1.07 bits per heavy atom. The highest BCUT2D eigenvalue weighted by Gasteiger charge is 2.27. The number of benzene rings is 6. The van der Waals surface area contributed by atoms with Gasteiger partial charge in [-0.15, -0.1) is 0 Å². The minimum Gasteiger partial charge on any atom is -0.494 e. The van der Waals surface area contributed by atoms with Gasteiger partial charge in [-0.3, -0.25) is 29.1 Å². The van der Waals surface area contributed by atoms with Crippen LogP contribution in [0.25, 0.3) is 55.8 Å². The molecule has 12 nitrogen and oxygen atoms in total. The zero-order valence-electron chi connectivity index (χ0n) is 39.0. The molecule has 0 aliphatic heterocycles. The molecule has 0 bridgehead atoms. The molecule has 0 aliphatic rings. The van der Waals surface area contributed by atoms with E-state index >= 15 is 0 Å². The van der Waals surface area contributed by atoms with Crippen molar-refractivity contribution in [3.63, 3.8) is 0 Å². The summed E-state index contributed by atoms with van der Waals surface area (Å²) in [6, 6.07) is 66.5. The standard InChI is InChI=1S/2C30H23N5O/c2*36-30-26(27(21-11-3-1-4-12-21)32-20-18-22-13-9-10-19-31-22)28-29(35(30)23-14-5-2-6-15-23)34-25-17-8-7-16-24(25)33-28/h2*1-17,19,36H,18,20H2. The van der Waals surface area contributed by atoms with Gasteiger partial charge in [-0.25, -0.2) is 19.9 Å². The Kier molecular flexibility index (Phi) is 12.8. The lowest BCUT2D eigenvalue weighted by molar-refractivity contribution is 0.443. The minimum absolute atomic E-state index is 0.0620. The van der Waals surface area contributed by atoms with Crippen molar-refractivity contribution in [3.05, 3.63) is 252 Å². The van der Waals surface area contributed by atoms with Gasteiger partial charge in [-0.1, -0.05) is 133 Å². The van der Waals surface area contributed by atoms with Crippen LogP contribution in [0.3, 0.4) is 0 Å². The maximum Gasteiger partial charge on any atom is 0.209 e. The fourth-order valence-corrected chi connectivity index (χ4v) is 8.82. The largest absolute Gasteiger partial charge is 0.494 e. The highest BCUT2D eigenvalue weighted by Crippen LogP contribution is 2.37. The van der Waals surface area contributed by atoms with Crippen LogP contribution >= 0.6 is 0 Å². The molecule has 0 amide bonds. The molecule has 0 unspecified atom stereocenters. The predicted octanol–water partition coefficient (Wildman–Crippen LogP) is 11.5. The van der Waals surface area contributed by atoms with Crippen molar-refractivity contribution >= 4 is 55.8 Å². The van der Waals surface area contributed by atoms with Gasteiger partial charge in [0, 0.05) is 60.8 Å². The minimum atomic E-state index is 0.0620. The molecule has 0 radical (unpaired) electrons. The summed E-state index contributed by atoms with van der Waals surface area (Å²) < 4.78 is 3.50. The Balaban J connectivity index is 0.000000156. The van der Waals surface area contributed by atoms with Crippen LogP contribution in [0.4, 0.5) is 0 Å². The van der Waals surface area contributed by atoms with Gasteiger partial charge in [0.05, 0.1) is 56.0 Å². The molecule has 12 heteroatoms. The van der Waals surface area contributed by atoms with E-state index in [1.165, 1.54) is 0 Å². The first-order chi connectivity index (χ1) is 35.6. The van der Waals surface area contributed by atoms with E-state index in [-0.39, 0.29) is 11.8 Å². The summed E-state index contributed by atoms with van der Waals surface area (Å²) >= 11 is 0. The number of hydrogen-bond acceptors (Lipinski definition) is 10. The lowest BCUT2D eigenvalue weighted by Crippen LogP contribution is -2.06. The lowest BCUT2D eigenvalue weighted by Gasteiger charge is -2.09. The third kappa shape index (κ3) is 9.15. The van der Waals surface area contributed by atoms with Crippen molar-refractivity contribution in [2.75, 3.05) is 13.1 Å². The summed E-state index contributed by atoms with van der Waals surface area (Å²) in [5, 5.41) is 23.4. The topological polar surface area (TPSA) is 152 Å². The second-order valence-electron chi connectivity index (χ2n) is 16.8. The summed E-state index contributed by atoms with van der Waals surface area (Å²) in [5.74, 6) is 0.124. The number of aliphatic imine (C=N–C) groups is 2. The predicted molar refractivity (Wildman–Crippen MR) is 286 cm³/mol. The molecule has 0 aliphatic carbocycles.